The zero-order valence-electron chi connectivity index (χ0n) is 22.3. The number of piperidine rings is 1. The van der Waals surface area contributed by atoms with Gasteiger partial charge in [-0.2, -0.15) is 28.2 Å². The predicted molar refractivity (Wildman–Crippen MR) is 144 cm³/mol. The number of aromatic nitrogens is 4. The third kappa shape index (κ3) is 5.86. The molecule has 1 spiro atoms. The Hall–Kier alpha value is -4.27. The monoisotopic (exact) mass is 609 g/mol. The van der Waals surface area contributed by atoms with Gasteiger partial charge in [-0.15, -0.1) is 0 Å². The molecule has 1 aromatic carbocycles. The van der Waals surface area contributed by atoms with Gasteiger partial charge in [-0.3, -0.25) is 4.90 Å². The van der Waals surface area contributed by atoms with Crippen LogP contribution in [0.2, 0.25) is 5.02 Å². The Morgan fingerprint density at radius 3 is 2.45 bits per heavy atom. The molecule has 224 valence electrons. The van der Waals surface area contributed by atoms with Gasteiger partial charge in [0, 0.05) is 42.5 Å². The smallest absolute Gasteiger partial charge is 0.429 e. The van der Waals surface area contributed by atoms with Gasteiger partial charge < -0.3 is 25.6 Å². The molecular weight excluding hydrogens is 583 g/mol. The van der Waals surface area contributed by atoms with Crippen molar-refractivity contribution in [3.8, 4) is 11.6 Å². The van der Waals surface area contributed by atoms with Crippen molar-refractivity contribution < 1.29 is 37.7 Å². The molecule has 0 saturated carbocycles. The minimum absolute atomic E-state index is 0.0770. The molecule has 2 fully saturated rings. The van der Waals surface area contributed by atoms with E-state index in [0.717, 1.165) is 4.90 Å². The number of halogens is 4. The number of aryl methyl sites for hydroxylation is 1. The molecule has 2 aliphatic heterocycles. The first kappa shape index (κ1) is 29.2. The first-order valence-electron chi connectivity index (χ1n) is 12.9. The molecule has 2 aromatic heterocycles. The first-order valence-corrected chi connectivity index (χ1v) is 13.3. The van der Waals surface area contributed by atoms with Crippen LogP contribution in [0.1, 0.15) is 36.6 Å². The number of hydrogen-bond donors (Lipinski definition) is 3. The summed E-state index contributed by atoms with van der Waals surface area (Å²) >= 11 is 6.11. The zero-order chi connectivity index (χ0) is 30.4. The van der Waals surface area contributed by atoms with Crippen LogP contribution in [0.3, 0.4) is 0 Å². The van der Waals surface area contributed by atoms with Crippen molar-refractivity contribution in [3.63, 3.8) is 0 Å². The number of alkyl halides is 3. The Bertz CT molecular complexity index is 1490. The van der Waals surface area contributed by atoms with Gasteiger partial charge in [-0.05, 0) is 49.8 Å². The van der Waals surface area contributed by atoms with Crippen LogP contribution in [0.4, 0.5) is 29.7 Å². The fraction of sp³-hybridized carbons (Fsp3) is 0.423. The molecule has 2 atom stereocenters. The number of rotatable bonds is 6. The number of nitrogen functional groups attached to an aromatic ring is 1. The van der Waals surface area contributed by atoms with Crippen LogP contribution in [0.5, 0.6) is 5.88 Å². The summed E-state index contributed by atoms with van der Waals surface area (Å²) in [5, 5.41) is 23.4. The lowest BCUT2D eigenvalue weighted by molar-refractivity contribution is -0.198. The molecular formula is C26H27ClF3N7O5. The lowest BCUT2D eigenvalue weighted by Crippen LogP contribution is -2.43. The molecule has 1 amide bonds. The average molecular weight is 610 g/mol. The van der Waals surface area contributed by atoms with Gasteiger partial charge in [0.2, 0.25) is 17.9 Å². The van der Waals surface area contributed by atoms with Crippen LogP contribution in [0, 0.1) is 12.3 Å². The highest BCUT2D eigenvalue weighted by atomic mass is 35.5. The summed E-state index contributed by atoms with van der Waals surface area (Å²) in [6.45, 7) is 2.47. The van der Waals surface area contributed by atoms with E-state index in [4.69, 9.17) is 22.1 Å². The second-order valence-corrected chi connectivity index (χ2v) is 11.0. The van der Waals surface area contributed by atoms with Crippen LogP contribution in [0.15, 0.2) is 36.5 Å². The molecule has 3 aromatic rings. The molecule has 42 heavy (non-hydrogen) atoms. The van der Waals surface area contributed by atoms with Crippen LogP contribution in [-0.4, -0.2) is 78.8 Å². The molecule has 1 unspecified atom stereocenters. The minimum Gasteiger partial charge on any atom is -0.480 e. The maximum Gasteiger partial charge on any atom is 0.429 e. The highest BCUT2D eigenvalue weighted by molar-refractivity contribution is 6.30. The maximum absolute atomic E-state index is 14.4. The van der Waals surface area contributed by atoms with Gasteiger partial charge in [0.25, 0.3) is 0 Å². The fourth-order valence-corrected chi connectivity index (χ4v) is 5.78. The topological polar surface area (TPSA) is 160 Å². The van der Waals surface area contributed by atoms with Gasteiger partial charge in [0.1, 0.15) is 11.9 Å². The van der Waals surface area contributed by atoms with Crippen molar-refractivity contribution in [2.75, 3.05) is 30.3 Å². The number of nitrogens with two attached hydrogens (primary N) is 1. The van der Waals surface area contributed by atoms with Crippen molar-refractivity contribution in [1.29, 1.82) is 0 Å². The molecule has 5 rings (SSSR count). The predicted octanol–water partition coefficient (Wildman–Crippen LogP) is 4.31. The van der Waals surface area contributed by atoms with E-state index in [-0.39, 0.29) is 41.0 Å². The van der Waals surface area contributed by atoms with E-state index < -0.39 is 41.7 Å². The number of likely N-dealkylation sites (tertiary alicyclic amines) is 1. The van der Waals surface area contributed by atoms with E-state index in [0.29, 0.717) is 31.6 Å². The molecule has 12 nitrogen and oxygen atoms in total. The van der Waals surface area contributed by atoms with Crippen molar-refractivity contribution in [1.82, 2.24) is 24.6 Å². The van der Waals surface area contributed by atoms with Crippen LogP contribution < -0.4 is 15.4 Å². The molecule has 0 bridgehead atoms. The second kappa shape index (κ2) is 10.9. The Balaban J connectivity index is 1.39. The maximum atomic E-state index is 14.4. The molecule has 4 N–H and O–H groups in total. The lowest BCUT2D eigenvalue weighted by Gasteiger charge is -2.39. The summed E-state index contributed by atoms with van der Waals surface area (Å²) < 4.78 is 50.0. The molecule has 16 heteroatoms. The Morgan fingerprint density at radius 2 is 1.88 bits per heavy atom. The molecule has 0 aliphatic carbocycles. The van der Waals surface area contributed by atoms with Crippen molar-refractivity contribution >= 4 is 35.4 Å². The van der Waals surface area contributed by atoms with E-state index in [1.54, 1.807) is 17.9 Å². The molecule has 4 heterocycles. The summed E-state index contributed by atoms with van der Waals surface area (Å²) in [5.74, 6) is -1.67. The number of carboxylic acid groups (broad SMARTS) is 2. The van der Waals surface area contributed by atoms with Crippen molar-refractivity contribution in [3.05, 3.63) is 52.8 Å². The Kier molecular flexibility index (Phi) is 7.55. The van der Waals surface area contributed by atoms with E-state index in [9.17, 15) is 33.0 Å². The number of aliphatic carboxylic acids is 1. The number of ether oxygens (including phenoxy) is 1. The van der Waals surface area contributed by atoms with Crippen molar-refractivity contribution in [2.45, 2.75) is 44.5 Å². The summed E-state index contributed by atoms with van der Waals surface area (Å²) in [7, 11) is 0. The normalized spacial score (nSPS) is 19.2. The Morgan fingerprint density at radius 1 is 1.17 bits per heavy atom. The second-order valence-electron chi connectivity index (χ2n) is 10.5. The number of benzene rings is 1. The number of nitrogens with zero attached hydrogens (tertiary/aromatic N) is 6. The number of carbonyl (C=O) groups is 2. The highest BCUT2D eigenvalue weighted by Gasteiger charge is 2.50. The number of anilines is 2. The lowest BCUT2D eigenvalue weighted by atomic mass is 9.76. The number of carboxylic acids is 1. The van der Waals surface area contributed by atoms with Gasteiger partial charge >= 0.3 is 18.2 Å². The number of amides is 1. The third-order valence-corrected chi connectivity index (χ3v) is 7.91. The van der Waals surface area contributed by atoms with E-state index in [1.165, 1.54) is 35.1 Å². The van der Waals surface area contributed by atoms with E-state index in [1.807, 2.05) is 0 Å². The Labute approximate surface area is 242 Å². The first-order chi connectivity index (χ1) is 19.7. The van der Waals surface area contributed by atoms with Gasteiger partial charge in [-0.1, -0.05) is 17.7 Å². The van der Waals surface area contributed by atoms with Crippen LogP contribution in [-0.2, 0) is 4.79 Å². The summed E-state index contributed by atoms with van der Waals surface area (Å²) in [6.07, 6.45) is -6.02. The largest absolute Gasteiger partial charge is 0.480 e. The molecule has 2 saturated heterocycles. The summed E-state index contributed by atoms with van der Waals surface area (Å²) in [4.78, 5) is 34.0. The van der Waals surface area contributed by atoms with Crippen molar-refractivity contribution in [2.24, 2.45) is 5.41 Å². The SMILES string of the molecule is Cc1ccn(-c2cc(Cl)ccc2[C@@H](Oc2cc(N3CCC4(CC3)CC(C(=O)O)N(C(=O)O)C4)nc(N)n2)C(F)(F)F)n1. The average Bonchev–Trinajstić information content (AvgIpc) is 3.51. The highest BCUT2D eigenvalue weighted by Crippen LogP contribution is 2.45. The fourth-order valence-electron chi connectivity index (χ4n) is 5.62. The molecule has 2 aliphatic rings. The van der Waals surface area contributed by atoms with Crippen LogP contribution in [0.25, 0.3) is 5.69 Å². The zero-order valence-corrected chi connectivity index (χ0v) is 23.0. The standard InChI is InChI=1S/C26H27ClF3N7O5/c1-14-4-7-37(34-14)17-10-15(27)2-3-16(17)21(26(28,29)30)42-20-11-19(32-23(31)33-20)35-8-5-25(6-9-35)12-18(22(38)39)36(13-25)24(40)41/h2-4,7,10-11,18,21H,5-6,8-9,12-13H2,1H3,(H,38,39)(H,40,41)(H2,31,32,33)/t18?,21-/m1/s1. The summed E-state index contributed by atoms with van der Waals surface area (Å²) in [6, 6.07) is 5.67. The minimum atomic E-state index is -4.86. The summed E-state index contributed by atoms with van der Waals surface area (Å²) in [5.41, 5.74) is 5.76. The van der Waals surface area contributed by atoms with Gasteiger partial charge in [-0.25, -0.2) is 14.3 Å². The van der Waals surface area contributed by atoms with Gasteiger partial charge in [0.15, 0.2) is 0 Å². The third-order valence-electron chi connectivity index (χ3n) is 7.67. The van der Waals surface area contributed by atoms with E-state index in [2.05, 4.69) is 15.1 Å². The quantitative estimate of drug-likeness (QED) is 0.367. The van der Waals surface area contributed by atoms with Crippen LogP contribution >= 0.6 is 11.6 Å². The number of hydrogen-bond acceptors (Lipinski definition) is 8. The molecule has 0 radical (unpaired) electrons. The van der Waals surface area contributed by atoms with E-state index >= 15 is 0 Å². The van der Waals surface area contributed by atoms with Gasteiger partial charge in [0.05, 0.1) is 11.4 Å².